The van der Waals surface area contributed by atoms with Gasteiger partial charge in [0, 0.05) is 6.42 Å². The number of methoxy groups -OCH3 is 1. The highest BCUT2D eigenvalue weighted by molar-refractivity contribution is 6.32. The van der Waals surface area contributed by atoms with Crippen molar-refractivity contribution >= 4 is 17.5 Å². The van der Waals surface area contributed by atoms with Crippen molar-refractivity contribution in [1.82, 2.24) is 5.43 Å². The van der Waals surface area contributed by atoms with Crippen molar-refractivity contribution in [2.24, 2.45) is 5.84 Å². The number of nitrogens with one attached hydrogen (secondary N) is 1. The summed E-state index contributed by atoms with van der Waals surface area (Å²) < 4.78 is 5.02. The zero-order valence-electron chi connectivity index (χ0n) is 8.42. The van der Waals surface area contributed by atoms with E-state index in [2.05, 4.69) is 5.43 Å². The van der Waals surface area contributed by atoms with Crippen molar-refractivity contribution in [2.45, 2.75) is 12.8 Å². The molecule has 0 saturated carbocycles. The van der Waals surface area contributed by atoms with Crippen LogP contribution in [0, 0.1) is 0 Å². The normalized spacial score (nSPS) is 9.80. The topological polar surface area (TPSA) is 64.3 Å². The number of hydrazine groups is 1. The van der Waals surface area contributed by atoms with Gasteiger partial charge in [0.25, 0.3) is 0 Å². The SMILES string of the molecule is COc1ccc(CCC(=O)NN)cc1Cl. The molecular formula is C10H13ClN2O2. The van der Waals surface area contributed by atoms with E-state index in [4.69, 9.17) is 22.2 Å². The van der Waals surface area contributed by atoms with Crippen molar-refractivity contribution in [3.8, 4) is 5.75 Å². The Balaban J connectivity index is 2.63. The first kappa shape index (κ1) is 11.8. The lowest BCUT2D eigenvalue weighted by Crippen LogP contribution is -2.30. The Morgan fingerprint density at radius 1 is 1.60 bits per heavy atom. The number of ether oxygens (including phenoxy) is 1. The van der Waals surface area contributed by atoms with Gasteiger partial charge < -0.3 is 4.74 Å². The zero-order valence-corrected chi connectivity index (χ0v) is 9.17. The second kappa shape index (κ2) is 5.58. The van der Waals surface area contributed by atoms with Crippen LogP contribution in [0.1, 0.15) is 12.0 Å². The molecule has 0 atom stereocenters. The molecule has 0 aliphatic rings. The highest BCUT2D eigenvalue weighted by atomic mass is 35.5. The summed E-state index contributed by atoms with van der Waals surface area (Å²) in [5, 5.41) is 0.545. The Hall–Kier alpha value is -1.26. The van der Waals surface area contributed by atoms with Crippen LogP contribution in [0.15, 0.2) is 18.2 Å². The van der Waals surface area contributed by atoms with Crippen molar-refractivity contribution in [2.75, 3.05) is 7.11 Å². The van der Waals surface area contributed by atoms with Crippen LogP contribution in [-0.2, 0) is 11.2 Å². The maximum atomic E-state index is 10.9. The highest BCUT2D eigenvalue weighted by Gasteiger charge is 2.03. The molecule has 0 fully saturated rings. The number of hydrogen-bond acceptors (Lipinski definition) is 3. The summed E-state index contributed by atoms with van der Waals surface area (Å²) in [6, 6.07) is 5.43. The molecule has 82 valence electrons. The molecule has 5 heteroatoms. The largest absolute Gasteiger partial charge is 0.495 e. The summed E-state index contributed by atoms with van der Waals surface area (Å²) in [7, 11) is 1.56. The maximum Gasteiger partial charge on any atom is 0.234 e. The molecule has 0 bridgehead atoms. The molecule has 0 aromatic heterocycles. The molecule has 1 rings (SSSR count). The fourth-order valence-corrected chi connectivity index (χ4v) is 1.48. The van der Waals surface area contributed by atoms with Gasteiger partial charge >= 0.3 is 0 Å². The average molecular weight is 229 g/mol. The van der Waals surface area contributed by atoms with Gasteiger partial charge in [0.1, 0.15) is 5.75 Å². The zero-order chi connectivity index (χ0) is 11.3. The van der Waals surface area contributed by atoms with Gasteiger partial charge in [-0.05, 0) is 24.1 Å². The number of benzene rings is 1. The summed E-state index contributed by atoms with van der Waals surface area (Å²) in [5.41, 5.74) is 3.05. The molecule has 4 nitrogen and oxygen atoms in total. The lowest BCUT2D eigenvalue weighted by Gasteiger charge is -2.05. The van der Waals surface area contributed by atoms with Crippen LogP contribution in [0.25, 0.3) is 0 Å². The second-order valence-corrected chi connectivity index (χ2v) is 3.44. The smallest absolute Gasteiger partial charge is 0.234 e. The van der Waals surface area contributed by atoms with Gasteiger partial charge in [0.15, 0.2) is 0 Å². The molecule has 1 aromatic carbocycles. The summed E-state index contributed by atoms with van der Waals surface area (Å²) in [6.45, 7) is 0. The molecule has 0 saturated heterocycles. The van der Waals surface area contributed by atoms with Gasteiger partial charge in [0.05, 0.1) is 12.1 Å². The van der Waals surface area contributed by atoms with Gasteiger partial charge in [-0.25, -0.2) is 5.84 Å². The van der Waals surface area contributed by atoms with E-state index in [0.717, 1.165) is 5.56 Å². The number of carbonyl (C=O) groups is 1. The van der Waals surface area contributed by atoms with Crippen LogP contribution in [0.5, 0.6) is 5.75 Å². The van der Waals surface area contributed by atoms with Gasteiger partial charge in [-0.3, -0.25) is 10.2 Å². The molecule has 1 amide bonds. The summed E-state index contributed by atoms with van der Waals surface area (Å²) in [5.74, 6) is 5.40. The van der Waals surface area contributed by atoms with Gasteiger partial charge in [-0.2, -0.15) is 0 Å². The molecular weight excluding hydrogens is 216 g/mol. The average Bonchev–Trinajstić information content (AvgIpc) is 2.26. The maximum absolute atomic E-state index is 10.9. The van der Waals surface area contributed by atoms with E-state index in [-0.39, 0.29) is 5.91 Å². The minimum absolute atomic E-state index is 0.193. The number of halogens is 1. The molecule has 0 aliphatic carbocycles. The Morgan fingerprint density at radius 2 is 2.33 bits per heavy atom. The number of amides is 1. The number of aryl methyl sites for hydroxylation is 1. The lowest BCUT2D eigenvalue weighted by atomic mass is 10.1. The molecule has 15 heavy (non-hydrogen) atoms. The number of nitrogens with two attached hydrogens (primary N) is 1. The Kier molecular flexibility index (Phi) is 4.39. The Labute approximate surface area is 93.3 Å². The van der Waals surface area contributed by atoms with E-state index in [1.807, 2.05) is 6.07 Å². The number of hydrogen-bond donors (Lipinski definition) is 2. The summed E-state index contributed by atoms with van der Waals surface area (Å²) in [4.78, 5) is 10.9. The first-order valence-electron chi connectivity index (χ1n) is 4.49. The first-order chi connectivity index (χ1) is 7.17. The second-order valence-electron chi connectivity index (χ2n) is 3.04. The summed E-state index contributed by atoms with van der Waals surface area (Å²) >= 11 is 5.93. The van der Waals surface area contributed by atoms with E-state index in [0.29, 0.717) is 23.6 Å². The predicted octanol–water partition coefficient (Wildman–Crippen LogP) is 1.27. The van der Waals surface area contributed by atoms with Crippen LogP contribution in [0.4, 0.5) is 0 Å². The van der Waals surface area contributed by atoms with Gasteiger partial charge in [0.2, 0.25) is 5.91 Å². The molecule has 3 N–H and O–H groups in total. The highest BCUT2D eigenvalue weighted by Crippen LogP contribution is 2.25. The molecule has 0 spiro atoms. The molecule has 1 aromatic rings. The predicted molar refractivity (Wildman–Crippen MR) is 58.7 cm³/mol. The molecule has 0 unspecified atom stereocenters. The third-order valence-electron chi connectivity index (χ3n) is 2.02. The number of rotatable bonds is 4. The molecule has 0 heterocycles. The van der Waals surface area contributed by atoms with E-state index < -0.39 is 0 Å². The fourth-order valence-electron chi connectivity index (χ4n) is 1.20. The standard InChI is InChI=1S/C10H13ClN2O2/c1-15-9-4-2-7(6-8(9)11)3-5-10(14)13-12/h2,4,6H,3,5,12H2,1H3,(H,13,14). The summed E-state index contributed by atoms with van der Waals surface area (Å²) in [6.07, 6.45) is 0.950. The van der Waals surface area contributed by atoms with E-state index >= 15 is 0 Å². The van der Waals surface area contributed by atoms with E-state index in [9.17, 15) is 4.79 Å². The third kappa shape index (κ3) is 3.42. The monoisotopic (exact) mass is 228 g/mol. The van der Waals surface area contributed by atoms with Crippen LogP contribution < -0.4 is 16.0 Å². The van der Waals surface area contributed by atoms with Crippen molar-refractivity contribution in [1.29, 1.82) is 0 Å². The van der Waals surface area contributed by atoms with Crippen LogP contribution >= 0.6 is 11.6 Å². The van der Waals surface area contributed by atoms with Gasteiger partial charge in [-0.15, -0.1) is 0 Å². The van der Waals surface area contributed by atoms with Gasteiger partial charge in [-0.1, -0.05) is 17.7 Å². The lowest BCUT2D eigenvalue weighted by molar-refractivity contribution is -0.121. The third-order valence-corrected chi connectivity index (χ3v) is 2.31. The Morgan fingerprint density at radius 3 is 2.87 bits per heavy atom. The quantitative estimate of drug-likeness (QED) is 0.464. The van der Waals surface area contributed by atoms with E-state index in [1.165, 1.54) is 0 Å². The van der Waals surface area contributed by atoms with Crippen molar-refractivity contribution < 1.29 is 9.53 Å². The molecule has 0 aliphatic heterocycles. The minimum atomic E-state index is -0.193. The van der Waals surface area contributed by atoms with E-state index in [1.54, 1.807) is 19.2 Å². The van der Waals surface area contributed by atoms with Crippen LogP contribution in [0.2, 0.25) is 5.02 Å². The van der Waals surface area contributed by atoms with Crippen molar-refractivity contribution in [3.63, 3.8) is 0 Å². The van der Waals surface area contributed by atoms with Crippen LogP contribution in [0.3, 0.4) is 0 Å². The minimum Gasteiger partial charge on any atom is -0.495 e. The first-order valence-corrected chi connectivity index (χ1v) is 4.87. The number of carbonyl (C=O) groups excluding carboxylic acids is 1. The van der Waals surface area contributed by atoms with Crippen molar-refractivity contribution in [3.05, 3.63) is 28.8 Å². The molecule has 0 radical (unpaired) electrons. The van der Waals surface area contributed by atoms with Crippen LogP contribution in [-0.4, -0.2) is 13.0 Å². The fraction of sp³-hybridized carbons (Fsp3) is 0.300. The Bertz CT molecular complexity index is 355.